The molecule has 154 valence electrons. The van der Waals surface area contributed by atoms with Crippen LogP contribution in [-0.4, -0.2) is 32.5 Å². The molecule has 0 saturated heterocycles. The summed E-state index contributed by atoms with van der Waals surface area (Å²) in [4.78, 5) is 22.3. The van der Waals surface area contributed by atoms with Gasteiger partial charge in [-0.05, 0) is 30.2 Å². The fraction of sp³-hybridized carbons (Fsp3) is 0.158. The van der Waals surface area contributed by atoms with Crippen LogP contribution in [0.3, 0.4) is 0 Å². The number of nitrogens with zero attached hydrogens (tertiary/aromatic N) is 4. The van der Waals surface area contributed by atoms with Gasteiger partial charge in [0.1, 0.15) is 0 Å². The lowest BCUT2D eigenvalue weighted by molar-refractivity contribution is -0.384. The number of rotatable bonds is 9. The Morgan fingerprint density at radius 1 is 1.10 bits per heavy atom. The smallest absolute Gasteiger partial charge is 0.269 e. The van der Waals surface area contributed by atoms with Crippen molar-refractivity contribution in [3.63, 3.8) is 0 Å². The number of carbonyl (C=O) groups excluding carboxylic acids is 1. The second-order valence-corrected chi connectivity index (χ2v) is 9.36. The molecule has 2 aromatic carbocycles. The minimum Gasteiger partial charge on any atom is -0.272 e. The van der Waals surface area contributed by atoms with Crippen LogP contribution in [0.1, 0.15) is 18.1 Å². The predicted molar refractivity (Wildman–Crippen MR) is 120 cm³/mol. The molecule has 0 aliphatic carbocycles. The first-order valence-electron chi connectivity index (χ1n) is 8.72. The fourth-order valence-electron chi connectivity index (χ4n) is 2.23. The van der Waals surface area contributed by atoms with Gasteiger partial charge >= 0.3 is 0 Å². The van der Waals surface area contributed by atoms with Gasteiger partial charge in [-0.2, -0.15) is 5.10 Å². The Bertz CT molecular complexity index is 1040. The van der Waals surface area contributed by atoms with E-state index in [0.29, 0.717) is 11.3 Å². The number of aromatic nitrogens is 2. The second kappa shape index (κ2) is 10.9. The largest absolute Gasteiger partial charge is 0.272 e. The Balaban J connectivity index is 1.44. The standard InChI is InChI=1S/C19H17N5O3S3/c1-13(15-7-9-16(10-8-15)24(26)27)20-21-17(25)12-29-19-23-22-18(30-19)28-11-14-5-3-2-4-6-14/h2-10H,11-12H2,1H3,(H,21,25)/b20-13+. The van der Waals surface area contributed by atoms with Crippen molar-refractivity contribution in [2.45, 2.75) is 21.4 Å². The summed E-state index contributed by atoms with van der Waals surface area (Å²) >= 11 is 4.36. The quantitative estimate of drug-likeness (QED) is 0.219. The highest BCUT2D eigenvalue weighted by molar-refractivity contribution is 8.03. The highest BCUT2D eigenvalue weighted by Gasteiger charge is 2.09. The van der Waals surface area contributed by atoms with E-state index in [0.717, 1.165) is 14.4 Å². The molecule has 0 aliphatic heterocycles. The molecular formula is C19H17N5O3S3. The van der Waals surface area contributed by atoms with Crippen molar-refractivity contribution in [2.24, 2.45) is 5.10 Å². The Morgan fingerprint density at radius 3 is 2.43 bits per heavy atom. The third-order valence-corrected chi connectivity index (χ3v) is 7.03. The molecule has 0 saturated carbocycles. The van der Waals surface area contributed by atoms with E-state index in [2.05, 4.69) is 32.9 Å². The SMILES string of the molecule is C/C(=N\NC(=O)CSc1nnc(SCc2ccccc2)s1)c1ccc([N+](=O)[O-])cc1. The molecule has 0 unspecified atom stereocenters. The molecule has 0 radical (unpaired) electrons. The van der Waals surface area contributed by atoms with Gasteiger partial charge in [0, 0.05) is 17.9 Å². The summed E-state index contributed by atoms with van der Waals surface area (Å²) in [5, 5.41) is 23.0. The van der Waals surface area contributed by atoms with Crippen molar-refractivity contribution in [3.05, 3.63) is 75.8 Å². The van der Waals surface area contributed by atoms with Gasteiger partial charge in [-0.15, -0.1) is 10.2 Å². The number of nitro groups is 1. The zero-order chi connectivity index (χ0) is 21.3. The first kappa shape index (κ1) is 21.9. The van der Waals surface area contributed by atoms with Crippen molar-refractivity contribution in [1.82, 2.24) is 15.6 Å². The van der Waals surface area contributed by atoms with E-state index in [1.807, 2.05) is 18.2 Å². The van der Waals surface area contributed by atoms with E-state index < -0.39 is 4.92 Å². The Labute approximate surface area is 185 Å². The van der Waals surface area contributed by atoms with Crippen LogP contribution in [0.15, 0.2) is 68.4 Å². The van der Waals surface area contributed by atoms with Crippen molar-refractivity contribution < 1.29 is 9.72 Å². The molecular weight excluding hydrogens is 442 g/mol. The Kier molecular flexibility index (Phi) is 7.94. The molecule has 0 fully saturated rings. The second-order valence-electron chi connectivity index (χ2n) is 5.93. The van der Waals surface area contributed by atoms with Crippen molar-refractivity contribution in [3.8, 4) is 0 Å². The zero-order valence-corrected chi connectivity index (χ0v) is 18.3. The maximum Gasteiger partial charge on any atom is 0.269 e. The highest BCUT2D eigenvalue weighted by atomic mass is 32.2. The predicted octanol–water partition coefficient (Wildman–Crippen LogP) is 4.37. The Morgan fingerprint density at radius 2 is 1.77 bits per heavy atom. The summed E-state index contributed by atoms with van der Waals surface area (Å²) in [5.41, 5.74) is 4.95. The highest BCUT2D eigenvalue weighted by Crippen LogP contribution is 2.30. The lowest BCUT2D eigenvalue weighted by atomic mass is 10.1. The first-order chi connectivity index (χ1) is 14.5. The van der Waals surface area contributed by atoms with Crippen LogP contribution in [0.2, 0.25) is 0 Å². The summed E-state index contributed by atoms with van der Waals surface area (Å²) in [6.07, 6.45) is 0. The van der Waals surface area contributed by atoms with E-state index in [1.54, 1.807) is 30.8 Å². The summed E-state index contributed by atoms with van der Waals surface area (Å²) in [6, 6.07) is 16.1. The first-order valence-corrected chi connectivity index (χ1v) is 11.5. The monoisotopic (exact) mass is 459 g/mol. The average Bonchev–Trinajstić information content (AvgIpc) is 3.23. The van der Waals surface area contributed by atoms with Crippen LogP contribution in [0, 0.1) is 10.1 Å². The van der Waals surface area contributed by atoms with Crippen LogP contribution in [-0.2, 0) is 10.5 Å². The van der Waals surface area contributed by atoms with Crippen molar-refractivity contribution in [2.75, 3.05) is 5.75 Å². The number of nitrogens with one attached hydrogen (secondary N) is 1. The Hall–Kier alpha value is -2.76. The van der Waals surface area contributed by atoms with E-state index >= 15 is 0 Å². The molecule has 1 heterocycles. The average molecular weight is 460 g/mol. The summed E-state index contributed by atoms with van der Waals surface area (Å²) in [6.45, 7) is 1.72. The molecule has 1 N–H and O–H groups in total. The van der Waals surface area contributed by atoms with Crippen LogP contribution in [0.25, 0.3) is 0 Å². The summed E-state index contributed by atoms with van der Waals surface area (Å²) in [7, 11) is 0. The molecule has 30 heavy (non-hydrogen) atoms. The van der Waals surface area contributed by atoms with Gasteiger partial charge in [0.2, 0.25) is 0 Å². The topological polar surface area (TPSA) is 110 Å². The molecule has 3 rings (SSSR count). The molecule has 0 aliphatic rings. The molecule has 0 atom stereocenters. The van der Waals surface area contributed by atoms with Gasteiger partial charge in [-0.25, -0.2) is 5.43 Å². The number of benzene rings is 2. The molecule has 3 aromatic rings. The summed E-state index contributed by atoms with van der Waals surface area (Å²) < 4.78 is 1.57. The van der Waals surface area contributed by atoms with Gasteiger partial charge < -0.3 is 0 Å². The number of hydrogen-bond acceptors (Lipinski definition) is 9. The van der Waals surface area contributed by atoms with Crippen LogP contribution < -0.4 is 5.43 Å². The third-order valence-electron chi connectivity index (χ3n) is 3.76. The van der Waals surface area contributed by atoms with Gasteiger partial charge in [-0.3, -0.25) is 14.9 Å². The normalized spacial score (nSPS) is 11.3. The van der Waals surface area contributed by atoms with Crippen molar-refractivity contribution >= 4 is 52.2 Å². The third kappa shape index (κ3) is 6.65. The van der Waals surface area contributed by atoms with Crippen LogP contribution in [0.5, 0.6) is 0 Å². The van der Waals surface area contributed by atoms with Crippen LogP contribution in [0.4, 0.5) is 5.69 Å². The number of non-ortho nitro benzene ring substituents is 1. The number of carbonyl (C=O) groups is 1. The van der Waals surface area contributed by atoms with E-state index in [9.17, 15) is 14.9 Å². The van der Waals surface area contributed by atoms with Crippen LogP contribution >= 0.6 is 34.9 Å². The fourth-order valence-corrected chi connectivity index (χ4v) is 5.00. The van der Waals surface area contributed by atoms with Gasteiger partial charge in [0.05, 0.1) is 16.4 Å². The summed E-state index contributed by atoms with van der Waals surface area (Å²) in [5.74, 6) is 0.710. The maximum absolute atomic E-state index is 12.0. The van der Waals surface area contributed by atoms with Gasteiger partial charge in [0.25, 0.3) is 11.6 Å². The molecule has 1 aromatic heterocycles. The molecule has 0 spiro atoms. The molecule has 11 heteroatoms. The number of thioether (sulfide) groups is 2. The van der Waals surface area contributed by atoms with Gasteiger partial charge in [-0.1, -0.05) is 65.2 Å². The molecule has 8 nitrogen and oxygen atoms in total. The number of hydrogen-bond donors (Lipinski definition) is 1. The zero-order valence-electron chi connectivity index (χ0n) is 15.8. The van der Waals surface area contributed by atoms with Crippen molar-refractivity contribution in [1.29, 1.82) is 0 Å². The minimum atomic E-state index is -0.464. The van der Waals surface area contributed by atoms with E-state index in [4.69, 9.17) is 0 Å². The molecule has 1 amide bonds. The van der Waals surface area contributed by atoms with E-state index in [1.165, 1.54) is 40.8 Å². The maximum atomic E-state index is 12.0. The lowest BCUT2D eigenvalue weighted by Crippen LogP contribution is -2.21. The van der Waals surface area contributed by atoms with E-state index in [-0.39, 0.29) is 17.3 Å². The van der Waals surface area contributed by atoms with Gasteiger partial charge in [0.15, 0.2) is 8.68 Å². The number of nitro benzene ring substituents is 1. The minimum absolute atomic E-state index is 0.00495. The lowest BCUT2D eigenvalue weighted by Gasteiger charge is -2.02. The number of amides is 1. The number of hydrazone groups is 1. The molecule has 0 bridgehead atoms.